The molecule has 0 bridgehead atoms. The molecule has 0 N–H and O–H groups in total. The fourth-order valence-electron chi connectivity index (χ4n) is 3.19. The van der Waals surface area contributed by atoms with E-state index in [4.69, 9.17) is 4.74 Å². The van der Waals surface area contributed by atoms with E-state index in [2.05, 4.69) is 19.9 Å². The molecule has 0 saturated carbocycles. The number of anilines is 1. The van der Waals surface area contributed by atoms with Gasteiger partial charge in [-0.15, -0.1) is 0 Å². The van der Waals surface area contributed by atoms with Crippen molar-refractivity contribution in [1.29, 1.82) is 0 Å². The number of pyridine rings is 1. The Balaban J connectivity index is 1.54. The lowest BCUT2D eigenvalue weighted by Gasteiger charge is -2.36. The zero-order valence-corrected chi connectivity index (χ0v) is 12.6. The summed E-state index contributed by atoms with van der Waals surface area (Å²) < 4.78 is 5.86. The van der Waals surface area contributed by atoms with Gasteiger partial charge in [0.05, 0.1) is 18.8 Å². The highest BCUT2D eigenvalue weighted by molar-refractivity contribution is 5.92. The third-order valence-corrected chi connectivity index (χ3v) is 4.28. The number of fused-ring (bicyclic) bond motifs is 1. The molecule has 0 unspecified atom stereocenters. The molecule has 4 heterocycles. The van der Waals surface area contributed by atoms with Gasteiger partial charge in [-0.3, -0.25) is 9.78 Å². The Morgan fingerprint density at radius 2 is 1.91 bits per heavy atom. The molecule has 2 saturated heterocycles. The Hall–Kier alpha value is -2.54. The predicted octanol–water partition coefficient (Wildman–Crippen LogP) is 0.601. The summed E-state index contributed by atoms with van der Waals surface area (Å²) in [4.78, 5) is 29.4. The second-order valence-corrected chi connectivity index (χ2v) is 5.64. The molecule has 23 heavy (non-hydrogen) atoms. The van der Waals surface area contributed by atoms with Crippen molar-refractivity contribution in [3.05, 3.63) is 48.5 Å². The summed E-state index contributed by atoms with van der Waals surface area (Å²) in [6.45, 7) is 2.52. The summed E-state index contributed by atoms with van der Waals surface area (Å²) in [6, 6.07) is 7.25. The predicted molar refractivity (Wildman–Crippen MR) is 83.0 cm³/mol. The highest BCUT2D eigenvalue weighted by Crippen LogP contribution is 2.26. The first-order valence-electron chi connectivity index (χ1n) is 7.68. The number of aromatic nitrogens is 3. The molecule has 2 atom stereocenters. The lowest BCUT2D eigenvalue weighted by Crippen LogP contribution is -2.51. The van der Waals surface area contributed by atoms with Gasteiger partial charge in [0.15, 0.2) is 0 Å². The van der Waals surface area contributed by atoms with E-state index in [1.807, 2.05) is 6.07 Å². The first-order valence-corrected chi connectivity index (χ1v) is 7.68. The molecule has 1 amide bonds. The minimum absolute atomic E-state index is 0.0137. The van der Waals surface area contributed by atoms with Gasteiger partial charge in [-0.2, -0.15) is 0 Å². The second-order valence-electron chi connectivity index (χ2n) is 5.64. The first kappa shape index (κ1) is 14.1. The highest BCUT2D eigenvalue weighted by atomic mass is 16.5. The molecule has 7 heteroatoms. The number of nitrogens with zero attached hydrogens (tertiary/aromatic N) is 5. The van der Waals surface area contributed by atoms with Crippen LogP contribution in [0.25, 0.3) is 0 Å². The maximum absolute atomic E-state index is 12.6. The monoisotopic (exact) mass is 311 g/mol. The summed E-state index contributed by atoms with van der Waals surface area (Å²) in [5.74, 6) is 0.635. The normalized spacial score (nSPS) is 23.7. The van der Waals surface area contributed by atoms with Crippen LogP contribution in [0.5, 0.6) is 0 Å². The van der Waals surface area contributed by atoms with Gasteiger partial charge in [0.1, 0.15) is 5.69 Å². The number of morpholine rings is 1. The van der Waals surface area contributed by atoms with Crippen LogP contribution in [0.4, 0.5) is 5.95 Å². The Morgan fingerprint density at radius 1 is 1.09 bits per heavy atom. The summed E-state index contributed by atoms with van der Waals surface area (Å²) in [5, 5.41) is 0. The molecule has 2 aliphatic rings. The maximum atomic E-state index is 12.6. The van der Waals surface area contributed by atoms with Crippen molar-refractivity contribution in [3.8, 4) is 0 Å². The van der Waals surface area contributed by atoms with Crippen LogP contribution in [0.2, 0.25) is 0 Å². The lowest BCUT2D eigenvalue weighted by atomic mass is 10.1. The molecular weight excluding hydrogens is 294 g/mol. The minimum atomic E-state index is -0.0578. The topological polar surface area (TPSA) is 71.5 Å². The lowest BCUT2D eigenvalue weighted by molar-refractivity contribution is 0.0296. The highest BCUT2D eigenvalue weighted by Gasteiger charge is 2.43. The van der Waals surface area contributed by atoms with Crippen molar-refractivity contribution in [2.45, 2.75) is 12.1 Å². The van der Waals surface area contributed by atoms with Crippen LogP contribution >= 0.6 is 0 Å². The van der Waals surface area contributed by atoms with E-state index < -0.39 is 0 Å². The van der Waals surface area contributed by atoms with E-state index in [1.165, 1.54) is 0 Å². The van der Waals surface area contributed by atoms with Gasteiger partial charge >= 0.3 is 0 Å². The molecule has 0 aliphatic carbocycles. The van der Waals surface area contributed by atoms with Crippen LogP contribution in [0.1, 0.15) is 10.5 Å². The summed E-state index contributed by atoms with van der Waals surface area (Å²) >= 11 is 0. The molecule has 7 nitrogen and oxygen atoms in total. The van der Waals surface area contributed by atoms with Crippen molar-refractivity contribution in [2.24, 2.45) is 0 Å². The summed E-state index contributed by atoms with van der Waals surface area (Å²) in [5.41, 5.74) is 0.466. The smallest absolute Gasteiger partial charge is 0.272 e. The minimum Gasteiger partial charge on any atom is -0.372 e. The quantitative estimate of drug-likeness (QED) is 0.809. The van der Waals surface area contributed by atoms with E-state index in [1.54, 1.807) is 41.7 Å². The van der Waals surface area contributed by atoms with Crippen molar-refractivity contribution in [3.63, 3.8) is 0 Å². The van der Waals surface area contributed by atoms with Crippen molar-refractivity contribution >= 4 is 11.9 Å². The van der Waals surface area contributed by atoms with Gasteiger partial charge < -0.3 is 14.5 Å². The Labute approximate surface area is 133 Å². The molecule has 0 radical (unpaired) electrons. The third kappa shape index (κ3) is 2.63. The van der Waals surface area contributed by atoms with Gasteiger partial charge in [-0.25, -0.2) is 9.97 Å². The van der Waals surface area contributed by atoms with Gasteiger partial charge in [0, 0.05) is 38.2 Å². The number of carbonyl (C=O) groups is 1. The Morgan fingerprint density at radius 3 is 2.70 bits per heavy atom. The van der Waals surface area contributed by atoms with Crippen molar-refractivity contribution in [1.82, 2.24) is 19.9 Å². The fourth-order valence-corrected chi connectivity index (χ4v) is 3.19. The molecule has 0 spiro atoms. The average molecular weight is 311 g/mol. The van der Waals surface area contributed by atoms with E-state index >= 15 is 0 Å². The van der Waals surface area contributed by atoms with Gasteiger partial charge in [0.25, 0.3) is 5.91 Å². The first-order chi connectivity index (χ1) is 11.3. The van der Waals surface area contributed by atoms with Crippen LogP contribution < -0.4 is 4.90 Å². The van der Waals surface area contributed by atoms with E-state index in [0.717, 1.165) is 6.54 Å². The van der Waals surface area contributed by atoms with E-state index in [9.17, 15) is 4.79 Å². The van der Waals surface area contributed by atoms with Gasteiger partial charge in [0.2, 0.25) is 5.95 Å². The average Bonchev–Trinajstić information content (AvgIpc) is 3.06. The van der Waals surface area contributed by atoms with Crippen molar-refractivity contribution in [2.75, 3.05) is 31.1 Å². The van der Waals surface area contributed by atoms with Crippen molar-refractivity contribution < 1.29 is 9.53 Å². The zero-order chi connectivity index (χ0) is 15.6. The fraction of sp³-hybridized carbons (Fsp3) is 0.375. The number of carbonyl (C=O) groups excluding carboxylic acids is 1. The summed E-state index contributed by atoms with van der Waals surface area (Å²) in [6.07, 6.45) is 5.09. The summed E-state index contributed by atoms with van der Waals surface area (Å²) in [7, 11) is 0. The van der Waals surface area contributed by atoms with Crippen LogP contribution in [0, 0.1) is 0 Å². The van der Waals surface area contributed by atoms with E-state index in [0.29, 0.717) is 31.3 Å². The van der Waals surface area contributed by atoms with Gasteiger partial charge in [-0.1, -0.05) is 6.07 Å². The Kier molecular flexibility index (Phi) is 3.63. The number of ether oxygens (including phenoxy) is 1. The molecule has 4 rings (SSSR count). The third-order valence-electron chi connectivity index (χ3n) is 4.28. The molecule has 2 fully saturated rings. The zero-order valence-electron chi connectivity index (χ0n) is 12.6. The van der Waals surface area contributed by atoms with Crippen LogP contribution in [0.15, 0.2) is 42.9 Å². The number of likely N-dealkylation sites (tertiary alicyclic amines) is 1. The van der Waals surface area contributed by atoms with Crippen LogP contribution in [-0.4, -0.2) is 64.1 Å². The van der Waals surface area contributed by atoms with Crippen LogP contribution in [-0.2, 0) is 4.74 Å². The largest absolute Gasteiger partial charge is 0.372 e. The maximum Gasteiger partial charge on any atom is 0.272 e. The molecule has 118 valence electrons. The molecule has 0 aromatic carbocycles. The Bertz CT molecular complexity index is 681. The standard InChI is InChI=1S/C16H17N5O2/c22-15(12-4-1-2-5-17-12)20-10-13-14(11-20)23-9-8-21(13)16-18-6-3-7-19-16/h1-7,13-14H,8-11H2/t13-,14+/m1/s1. The molecule has 2 aromatic heterocycles. The second kappa shape index (κ2) is 5.92. The number of amides is 1. The van der Waals surface area contributed by atoms with Gasteiger partial charge in [-0.05, 0) is 18.2 Å². The number of hydrogen-bond acceptors (Lipinski definition) is 6. The van der Waals surface area contributed by atoms with E-state index in [-0.39, 0.29) is 18.1 Å². The molecule has 2 aliphatic heterocycles. The molecular formula is C16H17N5O2. The molecule has 2 aromatic rings. The number of hydrogen-bond donors (Lipinski definition) is 0. The number of rotatable bonds is 2. The van der Waals surface area contributed by atoms with Crippen LogP contribution in [0.3, 0.4) is 0 Å². The SMILES string of the molecule is O=C(c1ccccn1)N1C[C@@H]2OCCN(c3ncccn3)[C@@H]2C1.